The van der Waals surface area contributed by atoms with Crippen LogP contribution in [0.5, 0.6) is 0 Å². The van der Waals surface area contributed by atoms with Gasteiger partial charge in [0.15, 0.2) is 0 Å². The van der Waals surface area contributed by atoms with Gasteiger partial charge in [-0.3, -0.25) is 4.79 Å². The first-order valence-corrected chi connectivity index (χ1v) is 13.9. The number of rotatable bonds is 13. The van der Waals surface area contributed by atoms with Gasteiger partial charge in [-0.15, -0.1) is 11.8 Å². The first-order valence-electron chi connectivity index (χ1n) is 12.9. The standard InChI is InChI=1S/C32H38O2S/c1-3-4-5-6-7-8-9-11-16-27-21-23-30(24-22-27)32(29-19-14-15-20-29,28-17-12-10-13-18-28)35-26-25-31(33)34-2/h10,12-15,17-24,29H,3-9,25-26H2,1-2H3. The van der Waals surface area contributed by atoms with Crippen molar-refractivity contribution < 1.29 is 9.53 Å². The minimum absolute atomic E-state index is 0.173. The van der Waals surface area contributed by atoms with E-state index in [-0.39, 0.29) is 16.6 Å². The third-order valence-electron chi connectivity index (χ3n) is 6.49. The van der Waals surface area contributed by atoms with Crippen molar-refractivity contribution in [2.75, 3.05) is 12.9 Å². The summed E-state index contributed by atoms with van der Waals surface area (Å²) in [6.07, 6.45) is 17.9. The fourth-order valence-corrected chi connectivity index (χ4v) is 6.11. The maximum Gasteiger partial charge on any atom is 0.306 e. The molecule has 0 saturated heterocycles. The number of benzene rings is 2. The van der Waals surface area contributed by atoms with E-state index in [1.807, 2.05) is 11.8 Å². The third-order valence-corrected chi connectivity index (χ3v) is 8.09. The molecule has 0 bridgehead atoms. The largest absolute Gasteiger partial charge is 0.469 e. The molecule has 0 aromatic heterocycles. The van der Waals surface area contributed by atoms with E-state index in [2.05, 4.69) is 97.7 Å². The highest BCUT2D eigenvalue weighted by molar-refractivity contribution is 8.00. The van der Waals surface area contributed by atoms with Crippen LogP contribution in [0.3, 0.4) is 0 Å². The van der Waals surface area contributed by atoms with E-state index >= 15 is 0 Å². The smallest absolute Gasteiger partial charge is 0.306 e. The van der Waals surface area contributed by atoms with Crippen molar-refractivity contribution >= 4 is 17.7 Å². The second-order valence-electron chi connectivity index (χ2n) is 8.97. The van der Waals surface area contributed by atoms with Crippen molar-refractivity contribution in [1.82, 2.24) is 0 Å². The summed E-state index contributed by atoms with van der Waals surface area (Å²) in [5.74, 6) is 7.42. The second-order valence-corrected chi connectivity index (χ2v) is 10.3. The number of hydrogen-bond acceptors (Lipinski definition) is 3. The molecule has 0 aliphatic heterocycles. The first-order chi connectivity index (χ1) is 17.2. The average molecular weight is 487 g/mol. The Bertz CT molecular complexity index is 1010. The summed E-state index contributed by atoms with van der Waals surface area (Å²) in [7, 11) is 1.45. The number of allylic oxidation sites excluding steroid dienone is 4. The van der Waals surface area contributed by atoms with Crippen LogP contribution >= 0.6 is 11.8 Å². The lowest BCUT2D eigenvalue weighted by Gasteiger charge is -2.38. The van der Waals surface area contributed by atoms with Crippen LogP contribution in [-0.2, 0) is 14.3 Å². The molecule has 0 N–H and O–H groups in total. The van der Waals surface area contributed by atoms with E-state index in [1.54, 1.807) is 0 Å². The highest BCUT2D eigenvalue weighted by Crippen LogP contribution is 2.51. The van der Waals surface area contributed by atoms with Gasteiger partial charge in [-0.25, -0.2) is 0 Å². The average Bonchev–Trinajstić information content (AvgIpc) is 3.44. The third kappa shape index (κ3) is 7.64. The lowest BCUT2D eigenvalue weighted by atomic mass is 9.80. The van der Waals surface area contributed by atoms with Gasteiger partial charge in [0.1, 0.15) is 0 Å². The van der Waals surface area contributed by atoms with Crippen molar-refractivity contribution in [3.63, 3.8) is 0 Å². The Morgan fingerprint density at radius 3 is 2.26 bits per heavy atom. The molecule has 1 aliphatic carbocycles. The van der Waals surface area contributed by atoms with Gasteiger partial charge in [0.2, 0.25) is 0 Å². The van der Waals surface area contributed by atoms with E-state index < -0.39 is 0 Å². The number of ether oxygens (including phenoxy) is 1. The maximum absolute atomic E-state index is 11.9. The molecule has 184 valence electrons. The predicted octanol–water partition coefficient (Wildman–Crippen LogP) is 8.07. The van der Waals surface area contributed by atoms with Crippen molar-refractivity contribution in [2.45, 2.75) is 63.0 Å². The van der Waals surface area contributed by atoms with Gasteiger partial charge in [0.05, 0.1) is 18.3 Å². The molecule has 0 fully saturated rings. The maximum atomic E-state index is 11.9. The van der Waals surface area contributed by atoms with Crippen LogP contribution in [0.2, 0.25) is 0 Å². The minimum Gasteiger partial charge on any atom is -0.469 e. The molecule has 2 nitrogen and oxygen atoms in total. The van der Waals surface area contributed by atoms with Gasteiger partial charge in [-0.2, -0.15) is 0 Å². The van der Waals surface area contributed by atoms with E-state index in [9.17, 15) is 4.79 Å². The first kappa shape index (κ1) is 26.9. The van der Waals surface area contributed by atoms with E-state index in [1.165, 1.54) is 56.8 Å². The molecule has 35 heavy (non-hydrogen) atoms. The lowest BCUT2D eigenvalue weighted by Crippen LogP contribution is -2.31. The zero-order valence-electron chi connectivity index (χ0n) is 21.2. The molecule has 1 atom stereocenters. The Kier molecular flexibility index (Phi) is 11.3. The van der Waals surface area contributed by atoms with Gasteiger partial charge in [0.25, 0.3) is 0 Å². The van der Waals surface area contributed by atoms with Crippen LogP contribution < -0.4 is 0 Å². The van der Waals surface area contributed by atoms with Crippen LogP contribution in [-0.4, -0.2) is 18.8 Å². The normalized spacial score (nSPS) is 14.3. The number of carbonyl (C=O) groups excluding carboxylic acids is 1. The van der Waals surface area contributed by atoms with Gasteiger partial charge >= 0.3 is 5.97 Å². The number of carbonyl (C=O) groups is 1. The summed E-state index contributed by atoms with van der Waals surface area (Å²) in [6, 6.07) is 19.3. The Balaban J connectivity index is 1.80. The molecule has 0 radical (unpaired) electrons. The summed E-state index contributed by atoms with van der Waals surface area (Å²) in [5.41, 5.74) is 3.51. The molecule has 0 saturated carbocycles. The van der Waals surface area contributed by atoms with E-state index in [4.69, 9.17) is 4.74 Å². The molecule has 2 aromatic rings. The summed E-state index contributed by atoms with van der Waals surface area (Å²) in [5, 5.41) is 0. The topological polar surface area (TPSA) is 26.3 Å². The van der Waals surface area contributed by atoms with Crippen LogP contribution in [0, 0.1) is 17.8 Å². The van der Waals surface area contributed by atoms with Crippen LogP contribution in [0.1, 0.15) is 75.0 Å². The van der Waals surface area contributed by atoms with E-state index in [0.29, 0.717) is 12.2 Å². The van der Waals surface area contributed by atoms with Gasteiger partial charge < -0.3 is 4.74 Å². The zero-order valence-corrected chi connectivity index (χ0v) is 22.0. The van der Waals surface area contributed by atoms with Crippen LogP contribution in [0.4, 0.5) is 0 Å². The molecule has 2 aromatic carbocycles. The Morgan fingerprint density at radius 1 is 0.914 bits per heavy atom. The van der Waals surface area contributed by atoms with Gasteiger partial charge in [-0.05, 0) is 29.7 Å². The number of hydrogen-bond donors (Lipinski definition) is 0. The molecule has 0 spiro atoms. The number of unbranched alkanes of at least 4 members (excludes halogenated alkanes) is 6. The molecule has 0 heterocycles. The Labute approximate surface area is 216 Å². The van der Waals surface area contributed by atoms with Crippen LogP contribution in [0.15, 0.2) is 78.9 Å². The van der Waals surface area contributed by atoms with Crippen molar-refractivity contribution in [2.24, 2.45) is 5.92 Å². The van der Waals surface area contributed by atoms with Crippen molar-refractivity contribution in [3.8, 4) is 11.8 Å². The minimum atomic E-state index is -0.330. The summed E-state index contributed by atoms with van der Waals surface area (Å²) >= 11 is 1.82. The molecule has 1 aliphatic rings. The summed E-state index contributed by atoms with van der Waals surface area (Å²) < 4.78 is 4.57. The SMILES string of the molecule is CCCCCCCCC#Cc1ccc(C(SCCC(=O)OC)(c2ccccc2)C2C=CC=C2)cc1. The number of methoxy groups -OCH3 is 1. The quantitative estimate of drug-likeness (QED) is 0.163. The Hall–Kier alpha value is -2.70. The van der Waals surface area contributed by atoms with E-state index in [0.717, 1.165) is 12.0 Å². The highest BCUT2D eigenvalue weighted by atomic mass is 32.2. The van der Waals surface area contributed by atoms with Gasteiger partial charge in [-0.1, -0.05) is 118 Å². The summed E-state index contributed by atoms with van der Waals surface area (Å²) in [6.45, 7) is 2.25. The molecule has 1 unspecified atom stereocenters. The molecule has 3 heteroatoms. The molecular formula is C32H38O2S. The fraction of sp³-hybridized carbons (Fsp3) is 0.406. The zero-order chi connectivity index (χ0) is 24.8. The Morgan fingerprint density at radius 2 is 1.57 bits per heavy atom. The lowest BCUT2D eigenvalue weighted by molar-refractivity contribution is -0.140. The monoisotopic (exact) mass is 486 g/mol. The van der Waals surface area contributed by atoms with Crippen molar-refractivity contribution in [1.29, 1.82) is 0 Å². The molecule has 3 rings (SSSR count). The fourth-order valence-electron chi connectivity index (χ4n) is 4.56. The number of thioether (sulfide) groups is 1. The van der Waals surface area contributed by atoms with Gasteiger partial charge in [0, 0.05) is 23.7 Å². The number of esters is 1. The molecule has 0 amide bonds. The van der Waals surface area contributed by atoms with Crippen LogP contribution in [0.25, 0.3) is 0 Å². The highest BCUT2D eigenvalue weighted by Gasteiger charge is 2.41. The second kappa shape index (κ2) is 14.6. The predicted molar refractivity (Wildman–Crippen MR) is 149 cm³/mol. The van der Waals surface area contributed by atoms with Crippen molar-refractivity contribution in [3.05, 3.63) is 95.6 Å². The molecular weight excluding hydrogens is 448 g/mol. The summed E-state index contributed by atoms with van der Waals surface area (Å²) in [4.78, 5) is 11.9.